The van der Waals surface area contributed by atoms with Crippen molar-refractivity contribution in [2.45, 2.75) is 6.54 Å². The third-order valence-corrected chi connectivity index (χ3v) is 3.10. The number of carbonyl (C=O) groups excluding carboxylic acids is 1. The minimum Gasteiger partial charge on any atom is -0.381 e. The highest BCUT2D eigenvalue weighted by molar-refractivity contribution is 5.94. The molecule has 0 bridgehead atoms. The molecule has 0 unspecified atom stereocenters. The molecule has 1 amide bonds. The quantitative estimate of drug-likeness (QED) is 0.936. The van der Waals surface area contributed by atoms with Gasteiger partial charge in [0.05, 0.1) is 11.6 Å². The number of benzene rings is 2. The zero-order chi connectivity index (χ0) is 15.2. The molecular formula is C17H17N3O. The van der Waals surface area contributed by atoms with E-state index in [1.54, 1.807) is 37.2 Å². The van der Waals surface area contributed by atoms with Gasteiger partial charge in [-0.25, -0.2) is 0 Å². The van der Waals surface area contributed by atoms with Gasteiger partial charge in [0.15, 0.2) is 0 Å². The molecule has 2 rings (SSSR count). The zero-order valence-corrected chi connectivity index (χ0v) is 12.1. The summed E-state index contributed by atoms with van der Waals surface area (Å²) in [6, 6.07) is 16.9. The van der Waals surface area contributed by atoms with Gasteiger partial charge in [-0.05, 0) is 35.9 Å². The second-order valence-corrected chi connectivity index (χ2v) is 4.94. The Morgan fingerprint density at radius 2 is 1.90 bits per heavy atom. The SMILES string of the molecule is CN(C)C(=O)c1cccc(NCc2ccc(C#N)cc2)c1. The fraction of sp³-hybridized carbons (Fsp3) is 0.176. The Kier molecular flexibility index (Phi) is 4.57. The molecule has 4 nitrogen and oxygen atoms in total. The number of hydrogen-bond donors (Lipinski definition) is 1. The average Bonchev–Trinajstić information content (AvgIpc) is 2.53. The van der Waals surface area contributed by atoms with Gasteiger partial charge in [0.1, 0.15) is 0 Å². The third-order valence-electron chi connectivity index (χ3n) is 3.10. The van der Waals surface area contributed by atoms with Crippen LogP contribution in [0, 0.1) is 11.3 Å². The van der Waals surface area contributed by atoms with Crippen LogP contribution in [0.15, 0.2) is 48.5 Å². The van der Waals surface area contributed by atoms with Crippen molar-refractivity contribution >= 4 is 11.6 Å². The number of anilines is 1. The van der Waals surface area contributed by atoms with Gasteiger partial charge in [-0.3, -0.25) is 4.79 Å². The van der Waals surface area contributed by atoms with E-state index in [-0.39, 0.29) is 5.91 Å². The second kappa shape index (κ2) is 6.58. The van der Waals surface area contributed by atoms with Crippen molar-refractivity contribution in [1.82, 2.24) is 4.90 Å². The normalized spacial score (nSPS) is 9.76. The van der Waals surface area contributed by atoms with Crippen molar-refractivity contribution < 1.29 is 4.79 Å². The smallest absolute Gasteiger partial charge is 0.253 e. The molecule has 0 fully saturated rings. The lowest BCUT2D eigenvalue weighted by Gasteiger charge is -2.12. The summed E-state index contributed by atoms with van der Waals surface area (Å²) < 4.78 is 0. The predicted octanol–water partition coefficient (Wildman–Crippen LogP) is 2.87. The largest absolute Gasteiger partial charge is 0.381 e. The lowest BCUT2D eigenvalue weighted by atomic mass is 10.1. The first kappa shape index (κ1) is 14.6. The summed E-state index contributed by atoms with van der Waals surface area (Å²) in [6.45, 7) is 0.644. The van der Waals surface area contributed by atoms with E-state index < -0.39 is 0 Å². The summed E-state index contributed by atoms with van der Waals surface area (Å²) in [4.78, 5) is 13.5. The molecule has 2 aromatic rings. The lowest BCUT2D eigenvalue weighted by molar-refractivity contribution is 0.0827. The lowest BCUT2D eigenvalue weighted by Crippen LogP contribution is -2.21. The molecule has 106 valence electrons. The van der Waals surface area contributed by atoms with Gasteiger partial charge in [0.25, 0.3) is 5.91 Å². The molecule has 0 aliphatic heterocycles. The summed E-state index contributed by atoms with van der Waals surface area (Å²) in [7, 11) is 3.47. The number of nitriles is 1. The number of nitrogens with one attached hydrogen (secondary N) is 1. The van der Waals surface area contributed by atoms with Crippen molar-refractivity contribution in [3.8, 4) is 6.07 Å². The van der Waals surface area contributed by atoms with Crippen molar-refractivity contribution in [3.63, 3.8) is 0 Å². The first-order valence-electron chi connectivity index (χ1n) is 6.65. The van der Waals surface area contributed by atoms with Crippen LogP contribution in [0.5, 0.6) is 0 Å². The Morgan fingerprint density at radius 1 is 1.19 bits per heavy atom. The van der Waals surface area contributed by atoms with Gasteiger partial charge in [0, 0.05) is 31.9 Å². The Morgan fingerprint density at radius 3 is 2.52 bits per heavy atom. The van der Waals surface area contributed by atoms with Gasteiger partial charge in [0.2, 0.25) is 0 Å². The minimum atomic E-state index is -0.0166. The van der Waals surface area contributed by atoms with E-state index in [0.717, 1.165) is 11.3 Å². The van der Waals surface area contributed by atoms with Crippen molar-refractivity contribution in [1.29, 1.82) is 5.26 Å². The zero-order valence-electron chi connectivity index (χ0n) is 12.1. The Bertz CT molecular complexity index is 669. The molecule has 0 saturated carbocycles. The molecule has 0 aromatic heterocycles. The number of hydrogen-bond acceptors (Lipinski definition) is 3. The van der Waals surface area contributed by atoms with Crippen LogP contribution in [0.4, 0.5) is 5.69 Å². The van der Waals surface area contributed by atoms with Gasteiger partial charge in [-0.2, -0.15) is 5.26 Å². The molecule has 0 atom stereocenters. The Hall–Kier alpha value is -2.80. The first-order chi connectivity index (χ1) is 10.1. The molecule has 0 radical (unpaired) electrons. The fourth-order valence-corrected chi connectivity index (χ4v) is 1.92. The molecule has 1 N–H and O–H groups in total. The maximum Gasteiger partial charge on any atom is 0.253 e. The number of nitrogens with zero attached hydrogens (tertiary/aromatic N) is 2. The molecule has 4 heteroatoms. The average molecular weight is 279 g/mol. The summed E-state index contributed by atoms with van der Waals surface area (Å²) in [5, 5.41) is 12.0. The third kappa shape index (κ3) is 3.83. The van der Waals surface area contributed by atoms with Crippen LogP contribution in [-0.2, 0) is 6.54 Å². The molecule has 0 spiro atoms. The molecule has 0 heterocycles. The highest BCUT2D eigenvalue weighted by Gasteiger charge is 2.07. The summed E-state index contributed by atoms with van der Waals surface area (Å²) in [5.41, 5.74) is 3.28. The van der Waals surface area contributed by atoms with E-state index in [1.807, 2.05) is 30.3 Å². The molecule has 0 saturated heterocycles. The molecule has 0 aliphatic rings. The molecule has 0 aliphatic carbocycles. The molecule has 21 heavy (non-hydrogen) atoms. The maximum absolute atomic E-state index is 11.9. The minimum absolute atomic E-state index is 0.0166. The van der Waals surface area contributed by atoms with Crippen LogP contribution in [0.1, 0.15) is 21.5 Å². The second-order valence-electron chi connectivity index (χ2n) is 4.94. The van der Waals surface area contributed by atoms with Gasteiger partial charge in [-0.1, -0.05) is 18.2 Å². The highest BCUT2D eigenvalue weighted by Crippen LogP contribution is 2.13. The number of carbonyl (C=O) groups is 1. The maximum atomic E-state index is 11.9. The summed E-state index contributed by atoms with van der Waals surface area (Å²) >= 11 is 0. The van der Waals surface area contributed by atoms with E-state index in [1.165, 1.54) is 0 Å². The number of rotatable bonds is 4. The Labute approximate surface area is 124 Å². The van der Waals surface area contributed by atoms with E-state index in [4.69, 9.17) is 5.26 Å². The van der Waals surface area contributed by atoms with E-state index >= 15 is 0 Å². The summed E-state index contributed by atoms with van der Waals surface area (Å²) in [5.74, 6) is -0.0166. The summed E-state index contributed by atoms with van der Waals surface area (Å²) in [6.07, 6.45) is 0. The molecular weight excluding hydrogens is 262 g/mol. The predicted molar refractivity (Wildman–Crippen MR) is 82.9 cm³/mol. The van der Waals surface area contributed by atoms with E-state index in [2.05, 4.69) is 11.4 Å². The van der Waals surface area contributed by atoms with Crippen molar-refractivity contribution in [3.05, 3.63) is 65.2 Å². The van der Waals surface area contributed by atoms with Crippen LogP contribution in [0.25, 0.3) is 0 Å². The topological polar surface area (TPSA) is 56.1 Å². The fourth-order valence-electron chi connectivity index (χ4n) is 1.92. The van der Waals surface area contributed by atoms with Gasteiger partial charge < -0.3 is 10.2 Å². The number of amides is 1. The van der Waals surface area contributed by atoms with Crippen molar-refractivity contribution in [2.24, 2.45) is 0 Å². The van der Waals surface area contributed by atoms with Crippen LogP contribution in [-0.4, -0.2) is 24.9 Å². The van der Waals surface area contributed by atoms with E-state index in [9.17, 15) is 4.79 Å². The van der Waals surface area contributed by atoms with Crippen LogP contribution >= 0.6 is 0 Å². The Balaban J connectivity index is 2.04. The van der Waals surface area contributed by atoms with Crippen molar-refractivity contribution in [2.75, 3.05) is 19.4 Å². The van der Waals surface area contributed by atoms with Gasteiger partial charge >= 0.3 is 0 Å². The monoisotopic (exact) mass is 279 g/mol. The van der Waals surface area contributed by atoms with Crippen LogP contribution in [0.3, 0.4) is 0 Å². The molecule has 2 aromatic carbocycles. The standard InChI is InChI=1S/C17H17N3O/c1-20(2)17(21)15-4-3-5-16(10-15)19-12-14-8-6-13(11-18)7-9-14/h3-10,19H,12H2,1-2H3. The highest BCUT2D eigenvalue weighted by atomic mass is 16.2. The van der Waals surface area contributed by atoms with Crippen LogP contribution < -0.4 is 5.32 Å². The van der Waals surface area contributed by atoms with Gasteiger partial charge in [-0.15, -0.1) is 0 Å². The van der Waals surface area contributed by atoms with E-state index in [0.29, 0.717) is 17.7 Å². The first-order valence-corrected chi connectivity index (χ1v) is 6.65. The van der Waals surface area contributed by atoms with Crippen LogP contribution in [0.2, 0.25) is 0 Å².